The summed E-state index contributed by atoms with van der Waals surface area (Å²) in [6.45, 7) is 2.71. The van der Waals surface area contributed by atoms with Gasteiger partial charge in [0.05, 0.1) is 17.7 Å². The third kappa shape index (κ3) is 3.00. The van der Waals surface area contributed by atoms with Crippen molar-refractivity contribution < 1.29 is 5.21 Å². The summed E-state index contributed by atoms with van der Waals surface area (Å²) in [5.41, 5.74) is 8.85. The first-order chi connectivity index (χ1) is 9.11. The number of anilines is 1. The zero-order valence-corrected chi connectivity index (χ0v) is 11.6. The van der Waals surface area contributed by atoms with Gasteiger partial charge in [-0.25, -0.2) is 9.97 Å². The second-order valence-electron chi connectivity index (χ2n) is 4.08. The molecule has 0 unspecified atom stereocenters. The van der Waals surface area contributed by atoms with Crippen molar-refractivity contribution in [2.45, 2.75) is 13.5 Å². The van der Waals surface area contributed by atoms with Crippen LogP contribution in [0.4, 0.5) is 5.82 Å². The van der Waals surface area contributed by atoms with Crippen LogP contribution in [-0.2, 0) is 6.54 Å². The summed E-state index contributed by atoms with van der Waals surface area (Å²) in [5, 5.41) is 11.6. The second-order valence-corrected chi connectivity index (χ2v) is 5.02. The highest BCUT2D eigenvalue weighted by atomic mass is 32.1. The van der Waals surface area contributed by atoms with Gasteiger partial charge >= 0.3 is 0 Å². The summed E-state index contributed by atoms with van der Waals surface area (Å²) >= 11 is 1.62. The number of hydrogen-bond acceptors (Lipinski definition) is 6. The van der Waals surface area contributed by atoms with Gasteiger partial charge in [0, 0.05) is 11.9 Å². The number of hydrogen-bond donors (Lipinski definition) is 2. The lowest BCUT2D eigenvalue weighted by atomic mass is 10.3. The maximum Gasteiger partial charge on any atom is 0.188 e. The molecule has 0 saturated heterocycles. The van der Waals surface area contributed by atoms with Crippen LogP contribution in [-0.4, -0.2) is 28.1 Å². The molecule has 0 radical (unpaired) electrons. The highest BCUT2D eigenvalue weighted by Crippen LogP contribution is 2.18. The summed E-state index contributed by atoms with van der Waals surface area (Å²) in [4.78, 5) is 11.8. The summed E-state index contributed by atoms with van der Waals surface area (Å²) < 4.78 is 0. The van der Waals surface area contributed by atoms with E-state index in [1.165, 1.54) is 4.88 Å². The minimum atomic E-state index is 0.00391. The molecule has 2 heterocycles. The molecule has 3 N–H and O–H groups in total. The van der Waals surface area contributed by atoms with E-state index in [0.29, 0.717) is 5.69 Å². The molecule has 0 atom stereocenters. The lowest BCUT2D eigenvalue weighted by Gasteiger charge is -2.18. The Hall–Kier alpha value is -2.15. The number of pyridine rings is 1. The third-order valence-electron chi connectivity index (χ3n) is 2.72. The lowest BCUT2D eigenvalue weighted by Crippen LogP contribution is -2.20. The number of aryl methyl sites for hydroxylation is 1. The molecule has 0 aliphatic rings. The second kappa shape index (κ2) is 5.66. The minimum Gasteiger partial charge on any atom is -0.409 e. The highest BCUT2D eigenvalue weighted by molar-refractivity contribution is 7.09. The number of amidine groups is 1. The molecule has 7 heteroatoms. The van der Waals surface area contributed by atoms with Crippen molar-refractivity contribution in [2.24, 2.45) is 10.9 Å². The molecule has 6 nitrogen and oxygen atoms in total. The molecule has 0 spiro atoms. The minimum absolute atomic E-state index is 0.00391. The number of rotatable bonds is 4. The van der Waals surface area contributed by atoms with Crippen LogP contribution in [0.15, 0.2) is 28.9 Å². The van der Waals surface area contributed by atoms with Gasteiger partial charge in [0.15, 0.2) is 5.84 Å². The molecule has 100 valence electrons. The van der Waals surface area contributed by atoms with Gasteiger partial charge in [-0.05, 0) is 19.1 Å². The fourth-order valence-corrected chi connectivity index (χ4v) is 2.43. The summed E-state index contributed by atoms with van der Waals surface area (Å²) in [6.07, 6.45) is 0. The largest absolute Gasteiger partial charge is 0.409 e. The number of oxime groups is 1. The molecular weight excluding hydrogens is 262 g/mol. The SMILES string of the molecule is Cc1ncsc1CN(C)c1cccc(C(N)=NO)n1. The Morgan fingerprint density at radius 1 is 1.53 bits per heavy atom. The van der Waals surface area contributed by atoms with Crippen LogP contribution >= 0.6 is 11.3 Å². The van der Waals surface area contributed by atoms with Gasteiger partial charge in [-0.1, -0.05) is 11.2 Å². The van der Waals surface area contributed by atoms with Crippen molar-refractivity contribution in [3.05, 3.63) is 40.0 Å². The molecule has 2 aromatic rings. The molecule has 0 bridgehead atoms. The Bertz CT molecular complexity index is 595. The van der Waals surface area contributed by atoms with Crippen LogP contribution in [0, 0.1) is 6.92 Å². The van der Waals surface area contributed by atoms with E-state index >= 15 is 0 Å². The monoisotopic (exact) mass is 277 g/mol. The molecule has 0 aliphatic carbocycles. The van der Waals surface area contributed by atoms with Gasteiger partial charge in [-0.15, -0.1) is 11.3 Å². The molecule has 0 amide bonds. The van der Waals surface area contributed by atoms with Crippen LogP contribution in [0.1, 0.15) is 16.3 Å². The van der Waals surface area contributed by atoms with E-state index in [4.69, 9.17) is 10.9 Å². The zero-order valence-electron chi connectivity index (χ0n) is 10.7. The van der Waals surface area contributed by atoms with E-state index in [2.05, 4.69) is 15.1 Å². The Balaban J connectivity index is 2.20. The summed E-state index contributed by atoms with van der Waals surface area (Å²) in [7, 11) is 1.94. The average molecular weight is 277 g/mol. The van der Waals surface area contributed by atoms with Crippen LogP contribution in [0.5, 0.6) is 0 Å². The van der Waals surface area contributed by atoms with Crippen LogP contribution in [0.3, 0.4) is 0 Å². The van der Waals surface area contributed by atoms with Crippen LogP contribution in [0.2, 0.25) is 0 Å². The topological polar surface area (TPSA) is 87.6 Å². The Kier molecular flexibility index (Phi) is 3.96. The first-order valence-electron chi connectivity index (χ1n) is 5.67. The molecule has 0 saturated carbocycles. The van der Waals surface area contributed by atoms with Crippen molar-refractivity contribution in [1.82, 2.24) is 9.97 Å². The van der Waals surface area contributed by atoms with Gasteiger partial charge < -0.3 is 15.8 Å². The zero-order chi connectivity index (χ0) is 13.8. The number of aromatic nitrogens is 2. The smallest absolute Gasteiger partial charge is 0.188 e. The number of thiazole rings is 1. The predicted molar refractivity (Wildman–Crippen MR) is 75.7 cm³/mol. The van der Waals surface area contributed by atoms with Gasteiger partial charge in [0.2, 0.25) is 0 Å². The average Bonchev–Trinajstić information content (AvgIpc) is 2.83. The van der Waals surface area contributed by atoms with E-state index in [-0.39, 0.29) is 5.84 Å². The standard InChI is InChI=1S/C12H15N5OS/c1-8-10(19-7-14-8)6-17(2)11-5-3-4-9(15-11)12(13)16-18/h3-5,7,18H,6H2,1-2H3,(H2,13,16). The van der Waals surface area contributed by atoms with Crippen molar-refractivity contribution in [1.29, 1.82) is 0 Å². The number of nitrogens with two attached hydrogens (primary N) is 1. The van der Waals surface area contributed by atoms with Crippen molar-refractivity contribution >= 4 is 23.0 Å². The van der Waals surface area contributed by atoms with Gasteiger partial charge in [-0.3, -0.25) is 0 Å². The maximum absolute atomic E-state index is 8.66. The first-order valence-corrected chi connectivity index (χ1v) is 6.55. The van der Waals surface area contributed by atoms with Gasteiger partial charge in [0.1, 0.15) is 11.5 Å². The Morgan fingerprint density at radius 2 is 2.32 bits per heavy atom. The number of nitrogens with zero attached hydrogens (tertiary/aromatic N) is 4. The Morgan fingerprint density at radius 3 is 2.95 bits per heavy atom. The van der Waals surface area contributed by atoms with Crippen LogP contribution in [0.25, 0.3) is 0 Å². The molecular formula is C12H15N5OS. The fourth-order valence-electron chi connectivity index (χ4n) is 1.60. The summed E-state index contributed by atoms with van der Waals surface area (Å²) in [6, 6.07) is 5.40. The molecule has 2 aromatic heterocycles. The quantitative estimate of drug-likeness (QED) is 0.383. The van der Waals surface area contributed by atoms with E-state index in [0.717, 1.165) is 18.1 Å². The molecule has 19 heavy (non-hydrogen) atoms. The normalized spacial score (nSPS) is 11.6. The van der Waals surface area contributed by atoms with Crippen molar-refractivity contribution in [3.63, 3.8) is 0 Å². The molecule has 2 rings (SSSR count). The summed E-state index contributed by atoms with van der Waals surface area (Å²) in [5.74, 6) is 0.765. The van der Waals surface area contributed by atoms with E-state index < -0.39 is 0 Å². The van der Waals surface area contributed by atoms with E-state index in [9.17, 15) is 0 Å². The van der Waals surface area contributed by atoms with Gasteiger partial charge in [0.25, 0.3) is 0 Å². The van der Waals surface area contributed by atoms with Gasteiger partial charge in [-0.2, -0.15) is 0 Å². The molecule has 0 fully saturated rings. The lowest BCUT2D eigenvalue weighted by molar-refractivity contribution is 0.318. The molecule has 0 aliphatic heterocycles. The Labute approximate surface area is 115 Å². The van der Waals surface area contributed by atoms with E-state index in [1.807, 2.05) is 36.5 Å². The third-order valence-corrected chi connectivity index (χ3v) is 3.64. The van der Waals surface area contributed by atoms with Crippen molar-refractivity contribution in [2.75, 3.05) is 11.9 Å². The molecule has 0 aromatic carbocycles. The highest BCUT2D eigenvalue weighted by Gasteiger charge is 2.09. The van der Waals surface area contributed by atoms with Crippen molar-refractivity contribution in [3.8, 4) is 0 Å². The first kappa shape index (κ1) is 13.3. The fraction of sp³-hybridized carbons (Fsp3) is 0.250. The maximum atomic E-state index is 8.66. The van der Waals surface area contributed by atoms with E-state index in [1.54, 1.807) is 17.4 Å². The predicted octanol–water partition coefficient (Wildman–Crippen LogP) is 1.58. The van der Waals surface area contributed by atoms with Crippen LogP contribution < -0.4 is 10.6 Å².